The molecule has 3 rings (SSSR count). The maximum atomic E-state index is 11.4. The quantitative estimate of drug-likeness (QED) is 0.929. The summed E-state index contributed by atoms with van der Waals surface area (Å²) < 4.78 is 5.89. The van der Waals surface area contributed by atoms with Gasteiger partial charge in [-0.25, -0.2) is 9.78 Å². The average Bonchev–Trinajstić information content (AvgIpc) is 3.05. The first-order valence-electron chi connectivity index (χ1n) is 7.02. The number of rotatable bonds is 3. The molecule has 2 aliphatic rings. The molecular weight excluding hydrogens is 276 g/mol. The van der Waals surface area contributed by atoms with Crippen molar-refractivity contribution >= 4 is 22.4 Å². The van der Waals surface area contributed by atoms with Gasteiger partial charge in [-0.15, -0.1) is 0 Å². The number of carboxylic acid groups (broad SMARTS) is 1. The van der Waals surface area contributed by atoms with E-state index in [2.05, 4.69) is 23.7 Å². The molecule has 6 heteroatoms. The first-order chi connectivity index (χ1) is 9.35. The van der Waals surface area contributed by atoms with Crippen LogP contribution < -0.4 is 4.90 Å². The van der Waals surface area contributed by atoms with Crippen molar-refractivity contribution in [3.63, 3.8) is 0 Å². The van der Waals surface area contributed by atoms with Gasteiger partial charge in [-0.3, -0.25) is 0 Å². The van der Waals surface area contributed by atoms with Crippen LogP contribution in [0.25, 0.3) is 0 Å². The lowest BCUT2D eigenvalue weighted by Gasteiger charge is -2.41. The molecule has 20 heavy (non-hydrogen) atoms. The Labute approximate surface area is 122 Å². The number of carboxylic acids is 1. The Balaban J connectivity index is 1.90. The van der Waals surface area contributed by atoms with Crippen LogP contribution in [0, 0.1) is 0 Å². The molecule has 1 aromatic heterocycles. The topological polar surface area (TPSA) is 62.7 Å². The van der Waals surface area contributed by atoms with Gasteiger partial charge in [0.2, 0.25) is 0 Å². The lowest BCUT2D eigenvalue weighted by atomic mass is 10.1. The van der Waals surface area contributed by atoms with E-state index in [1.165, 1.54) is 11.3 Å². The zero-order valence-corrected chi connectivity index (χ0v) is 12.9. The summed E-state index contributed by atoms with van der Waals surface area (Å²) in [5, 5.41) is 10.2. The van der Waals surface area contributed by atoms with E-state index in [1.807, 2.05) is 6.92 Å². The molecule has 1 aliphatic carbocycles. The highest BCUT2D eigenvalue weighted by Gasteiger charge is 2.36. The Morgan fingerprint density at radius 1 is 1.50 bits per heavy atom. The fraction of sp³-hybridized carbons (Fsp3) is 0.714. The molecule has 110 valence electrons. The Kier molecular flexibility index (Phi) is 3.25. The third kappa shape index (κ3) is 2.67. The van der Waals surface area contributed by atoms with Crippen molar-refractivity contribution in [2.75, 3.05) is 18.0 Å². The van der Waals surface area contributed by atoms with Crippen LogP contribution in [0.4, 0.5) is 5.13 Å². The molecule has 0 radical (unpaired) electrons. The minimum Gasteiger partial charge on any atom is -0.477 e. The summed E-state index contributed by atoms with van der Waals surface area (Å²) in [4.78, 5) is 18.6. The van der Waals surface area contributed by atoms with Crippen molar-refractivity contribution in [1.29, 1.82) is 0 Å². The molecule has 1 saturated carbocycles. The molecule has 1 aromatic rings. The molecular formula is C14H20N2O3S. The van der Waals surface area contributed by atoms with Crippen molar-refractivity contribution in [1.82, 2.24) is 4.98 Å². The predicted molar refractivity (Wildman–Crippen MR) is 77.9 cm³/mol. The van der Waals surface area contributed by atoms with Crippen LogP contribution in [-0.2, 0) is 4.74 Å². The van der Waals surface area contributed by atoms with Crippen molar-refractivity contribution < 1.29 is 14.6 Å². The number of aromatic nitrogens is 1. The van der Waals surface area contributed by atoms with Crippen LogP contribution >= 0.6 is 11.3 Å². The zero-order valence-electron chi connectivity index (χ0n) is 12.0. The highest BCUT2D eigenvalue weighted by Crippen LogP contribution is 2.44. The van der Waals surface area contributed by atoms with Crippen molar-refractivity contribution in [2.45, 2.75) is 51.2 Å². The maximum Gasteiger partial charge on any atom is 0.347 e. The normalized spacial score (nSPS) is 25.8. The van der Waals surface area contributed by atoms with Gasteiger partial charge >= 0.3 is 5.97 Å². The second-order valence-electron chi connectivity index (χ2n) is 6.36. The number of ether oxygens (including phenoxy) is 1. The third-order valence-corrected chi connectivity index (χ3v) is 4.76. The summed E-state index contributed by atoms with van der Waals surface area (Å²) in [5.74, 6) is -0.492. The van der Waals surface area contributed by atoms with E-state index < -0.39 is 5.97 Å². The Bertz CT molecular complexity index is 537. The Morgan fingerprint density at radius 3 is 2.75 bits per heavy atom. The number of thiazole rings is 1. The lowest BCUT2D eigenvalue weighted by Crippen LogP contribution is -2.52. The molecule has 1 saturated heterocycles. The largest absolute Gasteiger partial charge is 0.477 e. The van der Waals surface area contributed by atoms with Crippen LogP contribution in [0.15, 0.2) is 0 Å². The van der Waals surface area contributed by atoms with E-state index in [9.17, 15) is 9.90 Å². The Morgan fingerprint density at radius 2 is 2.20 bits per heavy atom. The predicted octanol–water partition coefficient (Wildman–Crippen LogP) is 2.72. The van der Waals surface area contributed by atoms with Gasteiger partial charge in [-0.2, -0.15) is 0 Å². The second-order valence-corrected chi connectivity index (χ2v) is 7.34. The van der Waals surface area contributed by atoms with Gasteiger partial charge in [-0.1, -0.05) is 11.3 Å². The molecule has 0 spiro atoms. The molecule has 1 unspecified atom stereocenters. The van der Waals surface area contributed by atoms with Gasteiger partial charge in [0.1, 0.15) is 4.88 Å². The van der Waals surface area contributed by atoms with Gasteiger partial charge in [0, 0.05) is 19.0 Å². The molecule has 0 bridgehead atoms. The van der Waals surface area contributed by atoms with Crippen LogP contribution in [0.3, 0.4) is 0 Å². The minimum absolute atomic E-state index is 0.125. The number of aromatic carboxylic acids is 1. The Hall–Kier alpha value is -1.14. The highest BCUT2D eigenvalue weighted by molar-refractivity contribution is 7.17. The van der Waals surface area contributed by atoms with Gasteiger partial charge in [0.05, 0.1) is 17.4 Å². The zero-order chi connectivity index (χ0) is 14.5. The fourth-order valence-electron chi connectivity index (χ4n) is 2.84. The molecule has 0 aromatic carbocycles. The number of anilines is 1. The molecule has 2 fully saturated rings. The highest BCUT2D eigenvalue weighted by atomic mass is 32.1. The van der Waals surface area contributed by atoms with Gasteiger partial charge < -0.3 is 14.7 Å². The van der Waals surface area contributed by atoms with Gasteiger partial charge in [0.25, 0.3) is 0 Å². The summed E-state index contributed by atoms with van der Waals surface area (Å²) in [5.41, 5.74) is 0.557. The number of morpholine rings is 1. The summed E-state index contributed by atoms with van der Waals surface area (Å²) in [6.07, 6.45) is 2.25. The van der Waals surface area contributed by atoms with E-state index in [-0.39, 0.29) is 11.7 Å². The fourth-order valence-corrected chi connectivity index (χ4v) is 3.84. The molecule has 1 aliphatic heterocycles. The smallest absolute Gasteiger partial charge is 0.347 e. The number of nitrogens with zero attached hydrogens (tertiary/aromatic N) is 2. The molecule has 1 atom stereocenters. The van der Waals surface area contributed by atoms with E-state index in [1.54, 1.807) is 0 Å². The van der Waals surface area contributed by atoms with Crippen molar-refractivity contribution in [3.8, 4) is 0 Å². The standard InChI is InChI=1S/C14H20N2O3S/c1-8-6-16(7-14(2,3)19-8)13-15-10(9-4-5-9)11(20-13)12(17)18/h8-9H,4-7H2,1-3H3,(H,17,18). The molecule has 1 N–H and O–H groups in total. The molecule has 5 nitrogen and oxygen atoms in total. The van der Waals surface area contributed by atoms with Crippen LogP contribution in [0.2, 0.25) is 0 Å². The lowest BCUT2D eigenvalue weighted by molar-refractivity contribution is -0.0749. The van der Waals surface area contributed by atoms with E-state index in [0.29, 0.717) is 10.8 Å². The third-order valence-electron chi connectivity index (χ3n) is 3.64. The molecule has 0 amide bonds. The number of hydrogen-bond donors (Lipinski definition) is 1. The minimum atomic E-state index is -0.851. The van der Waals surface area contributed by atoms with E-state index in [0.717, 1.165) is 36.8 Å². The monoisotopic (exact) mass is 296 g/mol. The van der Waals surface area contributed by atoms with Crippen LogP contribution in [-0.4, -0.2) is 40.9 Å². The summed E-state index contributed by atoms with van der Waals surface area (Å²) in [6.45, 7) is 7.67. The molecule has 2 heterocycles. The maximum absolute atomic E-state index is 11.4. The van der Waals surface area contributed by atoms with Gasteiger partial charge in [-0.05, 0) is 33.6 Å². The number of hydrogen-bond acceptors (Lipinski definition) is 5. The number of carbonyl (C=O) groups is 1. The summed E-state index contributed by atoms with van der Waals surface area (Å²) >= 11 is 1.30. The summed E-state index contributed by atoms with van der Waals surface area (Å²) in [7, 11) is 0. The second kappa shape index (κ2) is 4.70. The first-order valence-corrected chi connectivity index (χ1v) is 7.84. The van der Waals surface area contributed by atoms with E-state index >= 15 is 0 Å². The van der Waals surface area contributed by atoms with Gasteiger partial charge in [0.15, 0.2) is 5.13 Å². The first kappa shape index (κ1) is 13.8. The van der Waals surface area contributed by atoms with Crippen molar-refractivity contribution in [2.24, 2.45) is 0 Å². The SMILES string of the molecule is CC1CN(c2nc(C3CC3)c(C(=O)O)s2)CC(C)(C)O1. The van der Waals surface area contributed by atoms with Crippen molar-refractivity contribution in [3.05, 3.63) is 10.6 Å². The van der Waals surface area contributed by atoms with E-state index in [4.69, 9.17) is 4.74 Å². The van der Waals surface area contributed by atoms with Crippen LogP contribution in [0.5, 0.6) is 0 Å². The summed E-state index contributed by atoms with van der Waals surface area (Å²) in [6, 6.07) is 0. The average molecular weight is 296 g/mol. The van der Waals surface area contributed by atoms with Crippen LogP contribution in [0.1, 0.15) is 54.9 Å².